The van der Waals surface area contributed by atoms with Crippen LogP contribution in [-0.2, 0) is 28.6 Å². The van der Waals surface area contributed by atoms with Crippen LogP contribution in [0.1, 0.15) is 336 Å². The Morgan fingerprint density at radius 2 is 0.538 bits per heavy atom. The molecule has 0 aromatic heterocycles. The zero-order chi connectivity index (χ0) is 47.4. The lowest BCUT2D eigenvalue weighted by atomic mass is 9.99. The maximum Gasteiger partial charge on any atom is 0.306 e. The molecule has 0 aliphatic heterocycles. The lowest BCUT2D eigenvalue weighted by molar-refractivity contribution is -0.167. The van der Waals surface area contributed by atoms with Crippen molar-refractivity contribution in [2.75, 3.05) is 13.2 Å². The molecule has 0 radical (unpaired) electrons. The minimum Gasteiger partial charge on any atom is -0.462 e. The Balaban J connectivity index is 4.11. The summed E-state index contributed by atoms with van der Waals surface area (Å²) < 4.78 is 16.8. The molecule has 6 nitrogen and oxygen atoms in total. The van der Waals surface area contributed by atoms with Crippen LogP contribution in [0.25, 0.3) is 0 Å². The van der Waals surface area contributed by atoms with E-state index in [0.717, 1.165) is 63.7 Å². The van der Waals surface area contributed by atoms with Gasteiger partial charge in [0.05, 0.1) is 0 Å². The number of carbonyl (C=O) groups excluding carboxylic acids is 3. The smallest absolute Gasteiger partial charge is 0.306 e. The summed E-state index contributed by atoms with van der Waals surface area (Å²) in [6, 6.07) is 0. The number of unbranched alkanes of at least 4 members (excludes halogenated alkanes) is 40. The molecule has 0 aliphatic rings. The summed E-state index contributed by atoms with van der Waals surface area (Å²) in [6.07, 6.45) is 58.3. The maximum absolute atomic E-state index is 12.8. The van der Waals surface area contributed by atoms with Crippen molar-refractivity contribution in [2.45, 2.75) is 342 Å². The second-order valence-electron chi connectivity index (χ2n) is 20.5. The Morgan fingerprint density at radius 1 is 0.308 bits per heavy atom. The van der Waals surface area contributed by atoms with Gasteiger partial charge in [-0.25, -0.2) is 0 Å². The van der Waals surface area contributed by atoms with Gasteiger partial charge in [0.1, 0.15) is 13.2 Å². The van der Waals surface area contributed by atoms with E-state index in [1.54, 1.807) is 0 Å². The number of hydrogen-bond donors (Lipinski definition) is 0. The SMILES string of the molecule is CCCCCCCCCCCCCCCCCCCCC(=O)OC[C@@H](COC(=O)CCCCCCCCC)OC(=O)CCCCCCCCCCCCCCCCCCCCC(C)CC. The highest BCUT2D eigenvalue weighted by Gasteiger charge is 2.19. The summed E-state index contributed by atoms with van der Waals surface area (Å²) >= 11 is 0. The van der Waals surface area contributed by atoms with Crippen molar-refractivity contribution in [3.05, 3.63) is 0 Å². The molecule has 0 N–H and O–H groups in total. The first-order valence-electron chi connectivity index (χ1n) is 29.4. The molecule has 65 heavy (non-hydrogen) atoms. The van der Waals surface area contributed by atoms with Gasteiger partial charge in [-0.15, -0.1) is 0 Å². The zero-order valence-electron chi connectivity index (χ0n) is 44.5. The van der Waals surface area contributed by atoms with Gasteiger partial charge in [0, 0.05) is 19.3 Å². The highest BCUT2D eigenvalue weighted by Crippen LogP contribution is 2.19. The molecular weight excluding hydrogens is 805 g/mol. The summed E-state index contributed by atoms with van der Waals surface area (Å²) in [5, 5.41) is 0. The van der Waals surface area contributed by atoms with Crippen molar-refractivity contribution in [1.82, 2.24) is 0 Å². The Bertz CT molecular complexity index is 982. The Morgan fingerprint density at radius 3 is 0.800 bits per heavy atom. The predicted molar refractivity (Wildman–Crippen MR) is 280 cm³/mol. The first-order valence-corrected chi connectivity index (χ1v) is 29.4. The Hall–Kier alpha value is -1.59. The second-order valence-corrected chi connectivity index (χ2v) is 20.5. The minimum absolute atomic E-state index is 0.0623. The van der Waals surface area contributed by atoms with Gasteiger partial charge in [0.25, 0.3) is 0 Å². The number of ether oxygens (including phenoxy) is 3. The molecule has 0 spiro atoms. The lowest BCUT2D eigenvalue weighted by Crippen LogP contribution is -2.30. The highest BCUT2D eigenvalue weighted by atomic mass is 16.6. The quantitative estimate of drug-likeness (QED) is 0.0344. The van der Waals surface area contributed by atoms with Crippen molar-refractivity contribution in [2.24, 2.45) is 5.92 Å². The molecular formula is C59H114O6. The van der Waals surface area contributed by atoms with Gasteiger partial charge in [0.15, 0.2) is 6.10 Å². The van der Waals surface area contributed by atoms with E-state index in [-0.39, 0.29) is 31.1 Å². The average molecular weight is 920 g/mol. The van der Waals surface area contributed by atoms with Crippen molar-refractivity contribution < 1.29 is 28.6 Å². The molecule has 2 atom stereocenters. The molecule has 6 heteroatoms. The number of esters is 3. The molecule has 0 rings (SSSR count). The third kappa shape index (κ3) is 51.6. The van der Waals surface area contributed by atoms with Gasteiger partial charge < -0.3 is 14.2 Å². The van der Waals surface area contributed by atoms with Crippen molar-refractivity contribution in [3.63, 3.8) is 0 Å². The highest BCUT2D eigenvalue weighted by molar-refractivity contribution is 5.71. The molecule has 386 valence electrons. The van der Waals surface area contributed by atoms with Crippen LogP contribution in [0.4, 0.5) is 0 Å². The van der Waals surface area contributed by atoms with E-state index in [4.69, 9.17) is 14.2 Å². The normalized spacial score (nSPS) is 12.4. The van der Waals surface area contributed by atoms with E-state index < -0.39 is 6.10 Å². The molecule has 1 unspecified atom stereocenters. The molecule has 0 aromatic carbocycles. The molecule has 0 amide bonds. The van der Waals surface area contributed by atoms with Crippen LogP contribution in [-0.4, -0.2) is 37.2 Å². The lowest BCUT2D eigenvalue weighted by Gasteiger charge is -2.18. The standard InChI is InChI=1S/C59H114O6/c1-5-8-10-12-14-15-16-17-18-19-23-26-29-32-35-39-43-47-51-58(61)64-54-56(53-63-57(60)50-46-42-37-13-11-9-6-2)65-59(62)52-48-44-40-36-33-30-27-24-21-20-22-25-28-31-34-38-41-45-49-55(4)7-3/h55-56H,5-54H2,1-4H3/t55?,56-/m1/s1. The van der Waals surface area contributed by atoms with Crippen LogP contribution >= 0.6 is 0 Å². The van der Waals surface area contributed by atoms with Gasteiger partial charge in [-0.2, -0.15) is 0 Å². The van der Waals surface area contributed by atoms with E-state index in [2.05, 4.69) is 27.7 Å². The molecule has 0 aliphatic carbocycles. The van der Waals surface area contributed by atoms with Crippen LogP contribution in [0.3, 0.4) is 0 Å². The monoisotopic (exact) mass is 919 g/mol. The maximum atomic E-state index is 12.8. The van der Waals surface area contributed by atoms with Crippen LogP contribution in [0.15, 0.2) is 0 Å². The fourth-order valence-corrected chi connectivity index (χ4v) is 9.07. The summed E-state index contributed by atoms with van der Waals surface area (Å²) in [7, 11) is 0. The first-order chi connectivity index (χ1) is 31.9. The third-order valence-corrected chi connectivity index (χ3v) is 13.9. The van der Waals surface area contributed by atoms with Crippen LogP contribution in [0, 0.1) is 5.92 Å². The molecule has 0 saturated carbocycles. The van der Waals surface area contributed by atoms with E-state index in [9.17, 15) is 14.4 Å². The molecule has 0 aromatic rings. The number of carbonyl (C=O) groups is 3. The number of rotatable bonds is 54. The summed E-state index contributed by atoms with van der Waals surface area (Å²) in [4.78, 5) is 37.9. The van der Waals surface area contributed by atoms with Crippen molar-refractivity contribution >= 4 is 17.9 Å². The van der Waals surface area contributed by atoms with Gasteiger partial charge in [-0.1, -0.05) is 297 Å². The van der Waals surface area contributed by atoms with E-state index in [1.165, 1.54) is 231 Å². The molecule has 0 heterocycles. The Kier molecular flexibility index (Phi) is 52.1. The Labute approximate surface area is 406 Å². The summed E-state index contributed by atoms with van der Waals surface area (Å²) in [5.41, 5.74) is 0. The topological polar surface area (TPSA) is 78.9 Å². The van der Waals surface area contributed by atoms with E-state index in [0.29, 0.717) is 19.3 Å². The van der Waals surface area contributed by atoms with E-state index in [1.807, 2.05) is 0 Å². The van der Waals surface area contributed by atoms with Crippen LogP contribution in [0.2, 0.25) is 0 Å². The first kappa shape index (κ1) is 63.4. The second kappa shape index (κ2) is 53.4. The molecule has 0 fully saturated rings. The average Bonchev–Trinajstić information content (AvgIpc) is 3.30. The predicted octanol–water partition coefficient (Wildman–Crippen LogP) is 19.4. The van der Waals surface area contributed by atoms with Gasteiger partial charge >= 0.3 is 17.9 Å². The zero-order valence-corrected chi connectivity index (χ0v) is 44.5. The fourth-order valence-electron chi connectivity index (χ4n) is 9.07. The fraction of sp³-hybridized carbons (Fsp3) is 0.949. The van der Waals surface area contributed by atoms with Crippen molar-refractivity contribution in [1.29, 1.82) is 0 Å². The number of hydrogen-bond acceptors (Lipinski definition) is 6. The molecule has 0 bridgehead atoms. The van der Waals surface area contributed by atoms with Crippen molar-refractivity contribution in [3.8, 4) is 0 Å². The van der Waals surface area contributed by atoms with Gasteiger partial charge in [-0.3, -0.25) is 14.4 Å². The summed E-state index contributed by atoms with van der Waals surface area (Å²) in [6.45, 7) is 9.07. The minimum atomic E-state index is -0.760. The van der Waals surface area contributed by atoms with Crippen LogP contribution in [0.5, 0.6) is 0 Å². The van der Waals surface area contributed by atoms with E-state index >= 15 is 0 Å². The molecule has 0 saturated heterocycles. The van der Waals surface area contributed by atoms with Gasteiger partial charge in [0.2, 0.25) is 0 Å². The van der Waals surface area contributed by atoms with Gasteiger partial charge in [-0.05, 0) is 25.2 Å². The van der Waals surface area contributed by atoms with Crippen LogP contribution < -0.4 is 0 Å². The largest absolute Gasteiger partial charge is 0.462 e. The third-order valence-electron chi connectivity index (χ3n) is 13.9. The summed E-state index contributed by atoms with van der Waals surface area (Å²) in [5.74, 6) is 0.0662.